The lowest BCUT2D eigenvalue weighted by atomic mass is 10.1. The fourth-order valence-corrected chi connectivity index (χ4v) is 3.03. The minimum atomic E-state index is 0.303. The molecule has 3 heterocycles. The number of nitrogens with one attached hydrogen (secondary N) is 1. The number of halogens is 1. The van der Waals surface area contributed by atoms with Gasteiger partial charge in [0.1, 0.15) is 11.3 Å². The number of hydrogen-bond donors (Lipinski definition) is 1. The van der Waals surface area contributed by atoms with E-state index in [1.165, 1.54) is 0 Å². The molecule has 0 saturated carbocycles. The number of aromatic amines is 1. The first-order chi connectivity index (χ1) is 9.70. The number of imidazole rings is 1. The Labute approximate surface area is 121 Å². The molecule has 1 aliphatic rings. The second-order valence-corrected chi connectivity index (χ2v) is 5.81. The zero-order valence-corrected chi connectivity index (χ0v) is 11.8. The van der Waals surface area contributed by atoms with Gasteiger partial charge in [-0.2, -0.15) is 0 Å². The standard InChI is InChI=1S/C15H14ClN3O/c1-8-4-9(7-20-8)15-18-13-6-17-12-3-2-10(16)5-11(12)14(13)19-15/h2-3,5-6,8-9H,4,7H2,1H3,(H,18,19). The molecule has 0 bridgehead atoms. The highest BCUT2D eigenvalue weighted by atomic mass is 35.5. The SMILES string of the molecule is CC1CC(c2nc3cnc4ccc(Cl)cc4c3[nH]2)CO1. The summed E-state index contributed by atoms with van der Waals surface area (Å²) in [5, 5.41) is 1.72. The van der Waals surface area contributed by atoms with Crippen molar-refractivity contribution >= 4 is 33.5 Å². The molecule has 1 N–H and O–H groups in total. The number of ether oxygens (including phenoxy) is 1. The minimum Gasteiger partial charge on any atom is -0.378 e. The molecule has 0 amide bonds. The van der Waals surface area contributed by atoms with Gasteiger partial charge in [0, 0.05) is 16.3 Å². The number of rotatable bonds is 1. The predicted molar refractivity (Wildman–Crippen MR) is 79.2 cm³/mol. The molecule has 5 heteroatoms. The van der Waals surface area contributed by atoms with E-state index in [2.05, 4.69) is 21.9 Å². The van der Waals surface area contributed by atoms with Gasteiger partial charge >= 0.3 is 0 Å². The predicted octanol–water partition coefficient (Wildman–Crippen LogP) is 3.66. The average molecular weight is 288 g/mol. The normalized spacial score (nSPS) is 22.9. The topological polar surface area (TPSA) is 50.8 Å². The lowest BCUT2D eigenvalue weighted by Gasteiger charge is -2.01. The maximum absolute atomic E-state index is 6.09. The molecule has 1 fully saturated rings. The number of hydrogen-bond acceptors (Lipinski definition) is 3. The first-order valence-corrected chi connectivity index (χ1v) is 7.14. The maximum Gasteiger partial charge on any atom is 0.112 e. The maximum atomic E-state index is 6.09. The van der Waals surface area contributed by atoms with Crippen LogP contribution in [0.2, 0.25) is 5.02 Å². The monoisotopic (exact) mass is 287 g/mol. The molecular weight excluding hydrogens is 274 g/mol. The second kappa shape index (κ2) is 4.43. The van der Waals surface area contributed by atoms with Crippen LogP contribution >= 0.6 is 11.6 Å². The number of nitrogens with zero attached hydrogens (tertiary/aromatic N) is 2. The lowest BCUT2D eigenvalue weighted by Crippen LogP contribution is -1.99. The third-order valence-electron chi connectivity index (χ3n) is 3.89. The van der Waals surface area contributed by atoms with E-state index in [0.717, 1.165) is 40.8 Å². The van der Waals surface area contributed by atoms with Crippen molar-refractivity contribution in [3.05, 3.63) is 35.2 Å². The highest BCUT2D eigenvalue weighted by Crippen LogP contribution is 2.31. The number of H-pyrrole nitrogens is 1. The highest BCUT2D eigenvalue weighted by molar-refractivity contribution is 6.31. The largest absolute Gasteiger partial charge is 0.378 e. The summed E-state index contributed by atoms with van der Waals surface area (Å²) in [5.74, 6) is 1.32. The molecular formula is C15H14ClN3O. The summed E-state index contributed by atoms with van der Waals surface area (Å²) in [6, 6.07) is 5.72. The fraction of sp³-hybridized carbons (Fsp3) is 0.333. The van der Waals surface area contributed by atoms with Crippen molar-refractivity contribution in [1.82, 2.24) is 15.0 Å². The third-order valence-corrected chi connectivity index (χ3v) is 4.12. The van der Waals surface area contributed by atoms with Crippen molar-refractivity contribution in [3.8, 4) is 0 Å². The van der Waals surface area contributed by atoms with E-state index in [9.17, 15) is 0 Å². The van der Waals surface area contributed by atoms with Crippen molar-refractivity contribution in [3.63, 3.8) is 0 Å². The summed E-state index contributed by atoms with van der Waals surface area (Å²) < 4.78 is 5.63. The van der Waals surface area contributed by atoms with Crippen LogP contribution in [-0.4, -0.2) is 27.7 Å². The Bertz CT molecular complexity index is 798. The van der Waals surface area contributed by atoms with Crippen molar-refractivity contribution < 1.29 is 4.74 Å². The second-order valence-electron chi connectivity index (χ2n) is 5.38. The zero-order chi connectivity index (χ0) is 13.7. The first kappa shape index (κ1) is 12.1. The smallest absolute Gasteiger partial charge is 0.112 e. The number of benzene rings is 1. The fourth-order valence-electron chi connectivity index (χ4n) is 2.86. The Morgan fingerprint density at radius 2 is 2.25 bits per heavy atom. The summed E-state index contributed by atoms with van der Waals surface area (Å²) in [6.45, 7) is 2.83. The molecule has 0 radical (unpaired) electrons. The summed E-state index contributed by atoms with van der Waals surface area (Å²) >= 11 is 6.09. The van der Waals surface area contributed by atoms with Gasteiger partial charge in [0.25, 0.3) is 0 Å². The van der Waals surface area contributed by atoms with Crippen LogP contribution in [0.3, 0.4) is 0 Å². The van der Waals surface area contributed by atoms with Gasteiger partial charge in [-0.1, -0.05) is 11.6 Å². The van der Waals surface area contributed by atoms with Crippen molar-refractivity contribution in [2.45, 2.75) is 25.4 Å². The molecule has 2 aromatic heterocycles. The van der Waals surface area contributed by atoms with Gasteiger partial charge in [0.2, 0.25) is 0 Å². The van der Waals surface area contributed by atoms with Gasteiger partial charge in [0.15, 0.2) is 0 Å². The highest BCUT2D eigenvalue weighted by Gasteiger charge is 2.26. The molecule has 1 saturated heterocycles. The van der Waals surface area contributed by atoms with Crippen LogP contribution in [0.1, 0.15) is 25.1 Å². The summed E-state index contributed by atoms with van der Waals surface area (Å²) in [6.07, 6.45) is 3.12. The molecule has 0 spiro atoms. The van der Waals surface area contributed by atoms with Gasteiger partial charge in [-0.25, -0.2) is 4.98 Å². The van der Waals surface area contributed by atoms with Crippen LogP contribution in [0.4, 0.5) is 0 Å². The number of pyridine rings is 1. The van der Waals surface area contributed by atoms with Gasteiger partial charge in [0.05, 0.1) is 29.9 Å². The summed E-state index contributed by atoms with van der Waals surface area (Å²) in [7, 11) is 0. The Morgan fingerprint density at radius 3 is 3.05 bits per heavy atom. The van der Waals surface area contributed by atoms with Crippen molar-refractivity contribution in [1.29, 1.82) is 0 Å². The molecule has 4 rings (SSSR count). The Morgan fingerprint density at radius 1 is 1.35 bits per heavy atom. The van der Waals surface area contributed by atoms with Crippen LogP contribution in [-0.2, 0) is 4.74 Å². The minimum absolute atomic E-state index is 0.303. The lowest BCUT2D eigenvalue weighted by molar-refractivity contribution is 0.123. The van der Waals surface area contributed by atoms with Crippen LogP contribution < -0.4 is 0 Å². The van der Waals surface area contributed by atoms with Gasteiger partial charge in [-0.15, -0.1) is 0 Å². The van der Waals surface area contributed by atoms with Gasteiger partial charge < -0.3 is 9.72 Å². The third kappa shape index (κ3) is 1.87. The van der Waals surface area contributed by atoms with E-state index in [-0.39, 0.29) is 0 Å². The molecule has 20 heavy (non-hydrogen) atoms. The van der Waals surface area contributed by atoms with Crippen molar-refractivity contribution in [2.24, 2.45) is 0 Å². The van der Waals surface area contributed by atoms with E-state index in [1.807, 2.05) is 24.4 Å². The van der Waals surface area contributed by atoms with Crippen LogP contribution in [0.5, 0.6) is 0 Å². The zero-order valence-electron chi connectivity index (χ0n) is 11.1. The molecule has 1 aromatic carbocycles. The first-order valence-electron chi connectivity index (χ1n) is 6.76. The van der Waals surface area contributed by atoms with Gasteiger partial charge in [-0.3, -0.25) is 4.98 Å². The van der Waals surface area contributed by atoms with Crippen LogP contribution in [0.25, 0.3) is 21.9 Å². The van der Waals surface area contributed by atoms with E-state index >= 15 is 0 Å². The average Bonchev–Trinajstić information content (AvgIpc) is 3.04. The number of aromatic nitrogens is 3. The van der Waals surface area contributed by atoms with Gasteiger partial charge in [-0.05, 0) is 31.5 Å². The summed E-state index contributed by atoms with van der Waals surface area (Å²) in [4.78, 5) is 12.5. The van der Waals surface area contributed by atoms with E-state index in [1.54, 1.807) is 0 Å². The van der Waals surface area contributed by atoms with E-state index in [0.29, 0.717) is 17.0 Å². The molecule has 0 aliphatic carbocycles. The van der Waals surface area contributed by atoms with Crippen LogP contribution in [0, 0.1) is 0 Å². The number of fused-ring (bicyclic) bond motifs is 3. The Hall–Kier alpha value is -1.65. The van der Waals surface area contributed by atoms with Crippen LogP contribution in [0.15, 0.2) is 24.4 Å². The quantitative estimate of drug-likeness (QED) is 0.743. The molecule has 2 unspecified atom stereocenters. The molecule has 2 atom stereocenters. The Balaban J connectivity index is 1.90. The molecule has 3 aromatic rings. The van der Waals surface area contributed by atoms with Crippen molar-refractivity contribution in [2.75, 3.05) is 6.61 Å². The Kier molecular flexibility index (Phi) is 2.69. The van der Waals surface area contributed by atoms with E-state index < -0.39 is 0 Å². The summed E-state index contributed by atoms with van der Waals surface area (Å²) in [5.41, 5.74) is 2.81. The molecule has 4 nitrogen and oxygen atoms in total. The molecule has 102 valence electrons. The molecule has 1 aliphatic heterocycles. The van der Waals surface area contributed by atoms with E-state index in [4.69, 9.17) is 16.3 Å².